The molecule has 1 aliphatic rings. The second-order valence-electron chi connectivity index (χ2n) is 4.86. The minimum Gasteiger partial charge on any atom is -0.394 e. The number of halogens is 2. The maximum atomic E-state index is 15.2. The van der Waals surface area contributed by atoms with Crippen molar-refractivity contribution < 1.29 is 19.3 Å². The van der Waals surface area contributed by atoms with E-state index in [2.05, 4.69) is 15.9 Å². The van der Waals surface area contributed by atoms with Crippen LogP contribution in [0.5, 0.6) is 0 Å². The van der Waals surface area contributed by atoms with Gasteiger partial charge in [0.2, 0.25) is 5.67 Å². The number of aliphatic hydroxyl groups excluding tert-OH is 2. The number of hydrogen-bond acceptors (Lipinski definition) is 6. The summed E-state index contributed by atoms with van der Waals surface area (Å²) in [7, 11) is 0. The number of aliphatic hydroxyl groups is 2. The summed E-state index contributed by atoms with van der Waals surface area (Å²) in [4.78, 5) is 7.89. The fraction of sp³-hybridized carbons (Fsp3) is 0.385. The predicted molar refractivity (Wildman–Crippen MR) is 76.4 cm³/mol. The van der Waals surface area contributed by atoms with Gasteiger partial charge < -0.3 is 25.3 Å². The number of anilines is 1. The van der Waals surface area contributed by atoms with E-state index in [4.69, 9.17) is 22.1 Å². The van der Waals surface area contributed by atoms with Gasteiger partial charge in [-0.3, -0.25) is 0 Å². The Balaban J connectivity index is 2.15. The zero-order valence-corrected chi connectivity index (χ0v) is 11.9. The molecular weight excluding hydrogens is 315 g/mol. The highest BCUT2D eigenvalue weighted by Gasteiger charge is 2.57. The van der Waals surface area contributed by atoms with Crippen LogP contribution >= 0.6 is 11.6 Å². The molecule has 3 heterocycles. The van der Waals surface area contributed by atoms with E-state index in [0.29, 0.717) is 11.0 Å². The van der Waals surface area contributed by atoms with Gasteiger partial charge in [0.1, 0.15) is 30.0 Å². The summed E-state index contributed by atoms with van der Waals surface area (Å²) in [6.45, 7) is -0.566. The smallest absolute Gasteiger partial charge is 0.244 e. The van der Waals surface area contributed by atoms with Crippen LogP contribution in [0.15, 0.2) is 18.6 Å². The van der Waals surface area contributed by atoms with Crippen molar-refractivity contribution in [3.05, 3.63) is 18.6 Å². The van der Waals surface area contributed by atoms with Gasteiger partial charge in [0.15, 0.2) is 6.23 Å². The van der Waals surface area contributed by atoms with Crippen LogP contribution in [0.1, 0.15) is 6.23 Å². The number of ether oxygens (including phenoxy) is 1. The van der Waals surface area contributed by atoms with Crippen molar-refractivity contribution in [2.75, 3.05) is 12.3 Å². The highest BCUT2D eigenvalue weighted by atomic mass is 35.5. The van der Waals surface area contributed by atoms with Crippen LogP contribution in [0, 0.1) is 11.3 Å². The fourth-order valence-corrected chi connectivity index (χ4v) is 2.70. The van der Waals surface area contributed by atoms with Crippen LogP contribution in [0.2, 0.25) is 0 Å². The second kappa shape index (κ2) is 5.37. The lowest BCUT2D eigenvalue weighted by molar-refractivity contribution is -0.0501. The molecule has 3 rings (SSSR count). The molecule has 0 saturated carbocycles. The molecule has 1 saturated heterocycles. The Morgan fingerprint density at radius 3 is 3.00 bits per heavy atom. The van der Waals surface area contributed by atoms with Crippen molar-refractivity contribution in [1.82, 2.24) is 14.5 Å². The monoisotopic (exact) mass is 326 g/mol. The summed E-state index contributed by atoms with van der Waals surface area (Å²) < 4.78 is 21.9. The number of nitrogens with two attached hydrogens (primary N) is 1. The van der Waals surface area contributed by atoms with E-state index in [9.17, 15) is 10.2 Å². The van der Waals surface area contributed by atoms with Crippen molar-refractivity contribution in [3.63, 3.8) is 0 Å². The van der Waals surface area contributed by atoms with Gasteiger partial charge in [-0.15, -0.1) is 0 Å². The summed E-state index contributed by atoms with van der Waals surface area (Å²) in [5, 5.41) is 21.7. The van der Waals surface area contributed by atoms with Crippen LogP contribution in [0.25, 0.3) is 11.0 Å². The number of aromatic nitrogens is 3. The van der Waals surface area contributed by atoms with Gasteiger partial charge in [-0.25, -0.2) is 14.4 Å². The topological polar surface area (TPSA) is 106 Å². The molecule has 0 unspecified atom stereocenters. The van der Waals surface area contributed by atoms with E-state index in [0.717, 1.165) is 0 Å². The van der Waals surface area contributed by atoms with Crippen molar-refractivity contribution in [2.45, 2.75) is 24.1 Å². The molecule has 22 heavy (non-hydrogen) atoms. The zero-order valence-electron chi connectivity index (χ0n) is 11.1. The number of nitrogen functional groups attached to an aromatic ring is 1. The molecule has 7 nitrogen and oxygen atoms in total. The lowest BCUT2D eigenvalue weighted by atomic mass is 9.97. The molecule has 2 aromatic heterocycles. The standard InChI is InChI=1S/C13H12ClFN4O3/c14-3-2-13(15)9(21)8(5-20)22-12(13)19-4-1-7-10(16)17-6-18-11(7)19/h1,4,6,8-9,12,20-21H,5H2,(H2,16,17,18)/t8-,9-,12-,13-/m1/s1. The molecule has 1 aliphatic heterocycles. The molecule has 0 radical (unpaired) electrons. The van der Waals surface area contributed by atoms with E-state index in [-0.39, 0.29) is 5.82 Å². The van der Waals surface area contributed by atoms with Crippen LogP contribution in [-0.2, 0) is 4.74 Å². The first-order valence-electron chi connectivity index (χ1n) is 6.36. The van der Waals surface area contributed by atoms with Gasteiger partial charge in [0, 0.05) is 11.6 Å². The van der Waals surface area contributed by atoms with Crippen LogP contribution in [0.4, 0.5) is 10.2 Å². The summed E-state index contributed by atoms with van der Waals surface area (Å²) in [5.74, 6) is 2.35. The Morgan fingerprint density at radius 2 is 2.32 bits per heavy atom. The van der Waals surface area contributed by atoms with Gasteiger partial charge in [-0.05, 0) is 23.6 Å². The first kappa shape index (κ1) is 15.0. The largest absolute Gasteiger partial charge is 0.394 e. The maximum Gasteiger partial charge on any atom is 0.244 e. The molecule has 9 heteroatoms. The maximum absolute atomic E-state index is 15.2. The lowest BCUT2D eigenvalue weighted by Gasteiger charge is -2.24. The highest BCUT2D eigenvalue weighted by Crippen LogP contribution is 2.42. The first-order chi connectivity index (χ1) is 10.5. The van der Waals surface area contributed by atoms with Crippen LogP contribution in [-0.4, -0.2) is 49.2 Å². The molecule has 4 N–H and O–H groups in total. The first-order valence-corrected chi connectivity index (χ1v) is 6.73. The van der Waals surface area contributed by atoms with E-state index in [1.54, 1.807) is 6.07 Å². The van der Waals surface area contributed by atoms with Gasteiger partial charge in [-0.1, -0.05) is 0 Å². The molecule has 4 atom stereocenters. The normalized spacial score (nSPS) is 31.2. The minimum atomic E-state index is -2.50. The molecule has 0 bridgehead atoms. The van der Waals surface area contributed by atoms with Crippen molar-refractivity contribution in [2.24, 2.45) is 0 Å². The SMILES string of the molecule is Nc1ncnc2c1ccn2[C@@H]1O[C@H](CO)[C@@H](O)[C@]1(F)C#CCl. The highest BCUT2D eigenvalue weighted by molar-refractivity contribution is 6.30. The number of rotatable bonds is 2. The Kier molecular flexibility index (Phi) is 3.66. The van der Waals surface area contributed by atoms with Crippen molar-refractivity contribution >= 4 is 28.5 Å². The van der Waals surface area contributed by atoms with Gasteiger partial charge >= 0.3 is 0 Å². The zero-order chi connectivity index (χ0) is 15.9. The quantitative estimate of drug-likeness (QED) is 0.679. The average Bonchev–Trinajstić information content (AvgIpc) is 3.02. The third kappa shape index (κ3) is 2.02. The summed E-state index contributed by atoms with van der Waals surface area (Å²) >= 11 is 5.31. The number of fused-ring (bicyclic) bond motifs is 1. The van der Waals surface area contributed by atoms with Gasteiger partial charge in [0.25, 0.3) is 0 Å². The fourth-order valence-electron chi connectivity index (χ4n) is 2.55. The lowest BCUT2D eigenvalue weighted by Crippen LogP contribution is -2.42. The Bertz CT molecular complexity index is 773. The van der Waals surface area contributed by atoms with Gasteiger partial charge in [0.05, 0.1) is 12.0 Å². The molecule has 0 aromatic carbocycles. The molecule has 0 spiro atoms. The summed E-state index contributed by atoms with van der Waals surface area (Å²) in [5.41, 5.74) is 3.56. The molecule has 1 fully saturated rings. The Labute approximate surface area is 129 Å². The molecule has 0 aliphatic carbocycles. The van der Waals surface area contributed by atoms with E-state index in [1.165, 1.54) is 17.1 Å². The van der Waals surface area contributed by atoms with Gasteiger partial charge in [-0.2, -0.15) is 0 Å². The number of nitrogens with zero attached hydrogens (tertiary/aromatic N) is 3. The Hall–Kier alpha value is -1.92. The van der Waals surface area contributed by atoms with Crippen LogP contribution < -0.4 is 5.73 Å². The third-order valence-electron chi connectivity index (χ3n) is 3.66. The number of alkyl halides is 1. The predicted octanol–water partition coefficient (Wildman–Crippen LogP) is 0.172. The van der Waals surface area contributed by atoms with E-state index >= 15 is 4.39 Å². The summed E-state index contributed by atoms with van der Waals surface area (Å²) in [6.07, 6.45) is -1.40. The van der Waals surface area contributed by atoms with Crippen molar-refractivity contribution in [1.29, 1.82) is 0 Å². The second-order valence-corrected chi connectivity index (χ2v) is 5.05. The van der Waals surface area contributed by atoms with E-state index < -0.39 is 30.7 Å². The molecule has 0 amide bonds. The number of hydrogen-bond donors (Lipinski definition) is 3. The molecular formula is C13H12ClFN4O3. The third-order valence-corrected chi connectivity index (χ3v) is 3.75. The average molecular weight is 327 g/mol. The van der Waals surface area contributed by atoms with E-state index in [1.807, 2.05) is 5.38 Å². The van der Waals surface area contributed by atoms with Crippen molar-refractivity contribution in [3.8, 4) is 11.3 Å². The Morgan fingerprint density at radius 1 is 1.55 bits per heavy atom. The molecule has 2 aromatic rings. The summed E-state index contributed by atoms with van der Waals surface area (Å²) in [6, 6.07) is 1.60. The molecule has 116 valence electrons. The van der Waals surface area contributed by atoms with Crippen LogP contribution in [0.3, 0.4) is 0 Å². The minimum absolute atomic E-state index is 0.230.